The van der Waals surface area contributed by atoms with Crippen LogP contribution in [-0.2, 0) is 0 Å². The average molecular weight is 389 g/mol. The maximum Gasteiger partial charge on any atom is 0.335 e. The average Bonchev–Trinajstić information content (AvgIpc) is 2.67. The quantitative estimate of drug-likeness (QED) is 0.480. The van der Waals surface area contributed by atoms with Gasteiger partial charge < -0.3 is 20.4 Å². The first-order valence-electron chi connectivity index (χ1n) is 7.55. The van der Waals surface area contributed by atoms with Crippen molar-refractivity contribution in [3.63, 3.8) is 0 Å². The van der Waals surface area contributed by atoms with E-state index in [4.69, 9.17) is 32.0 Å². The Morgan fingerprint density at radius 3 is 1.30 bits per heavy atom. The number of hydrogen-bond acceptors (Lipinski definition) is 4. The van der Waals surface area contributed by atoms with Gasteiger partial charge in [-0.05, 0) is 36.4 Å². The molecule has 27 heavy (non-hydrogen) atoms. The van der Waals surface area contributed by atoms with Crippen molar-refractivity contribution in [3.05, 3.63) is 95.0 Å². The molecular weight excluding hydrogens is 372 g/mol. The summed E-state index contributed by atoms with van der Waals surface area (Å²) < 4.78 is 0. The molecular formula is C20H17ClO6. The minimum Gasteiger partial charge on any atom is -0.504 e. The molecule has 3 aromatic rings. The Morgan fingerprint density at radius 1 is 0.630 bits per heavy atom. The van der Waals surface area contributed by atoms with E-state index in [1.54, 1.807) is 60.7 Å². The van der Waals surface area contributed by atoms with Gasteiger partial charge in [0.25, 0.3) is 0 Å². The summed E-state index contributed by atoms with van der Waals surface area (Å²) in [6.07, 6.45) is 0. The topological polar surface area (TPSA) is 115 Å². The van der Waals surface area contributed by atoms with E-state index in [0.29, 0.717) is 16.1 Å². The lowest BCUT2D eigenvalue weighted by Crippen LogP contribution is -1.93. The second kappa shape index (κ2) is 11.2. The lowest BCUT2D eigenvalue weighted by Gasteiger charge is -1.94. The number of carbonyl (C=O) groups is 2. The molecule has 0 aliphatic carbocycles. The Balaban J connectivity index is 0.000000202. The van der Waals surface area contributed by atoms with E-state index in [9.17, 15) is 9.59 Å². The van der Waals surface area contributed by atoms with Gasteiger partial charge in [-0.25, -0.2) is 9.59 Å². The summed E-state index contributed by atoms with van der Waals surface area (Å²) in [4.78, 5) is 20.4. The molecule has 7 heteroatoms. The number of halogens is 1. The second-order valence-corrected chi connectivity index (χ2v) is 5.41. The van der Waals surface area contributed by atoms with Gasteiger partial charge in [-0.2, -0.15) is 0 Å². The number of hydrogen-bond donors (Lipinski definition) is 4. The molecule has 0 unspecified atom stereocenters. The molecule has 0 aliphatic rings. The molecule has 0 radical (unpaired) electrons. The molecule has 0 spiro atoms. The Labute approximate surface area is 160 Å². The van der Waals surface area contributed by atoms with Gasteiger partial charge in [-0.1, -0.05) is 48.0 Å². The largest absolute Gasteiger partial charge is 0.504 e. The molecule has 0 atom stereocenters. The number of phenolic OH excluding ortho intramolecular Hbond substituents is 2. The Hall–Kier alpha value is -3.51. The number of phenols is 2. The molecule has 0 aromatic heterocycles. The molecule has 6 nitrogen and oxygen atoms in total. The van der Waals surface area contributed by atoms with Crippen molar-refractivity contribution in [1.29, 1.82) is 0 Å². The number of aromatic hydroxyl groups is 2. The number of carboxylic acids is 2. The molecule has 3 rings (SSSR count). The molecule has 0 amide bonds. The second-order valence-electron chi connectivity index (χ2n) is 4.98. The lowest BCUT2D eigenvalue weighted by molar-refractivity contribution is 0.0686. The Morgan fingerprint density at radius 2 is 1.04 bits per heavy atom. The molecule has 0 saturated heterocycles. The van der Waals surface area contributed by atoms with Crippen molar-refractivity contribution >= 4 is 23.5 Å². The van der Waals surface area contributed by atoms with E-state index in [2.05, 4.69) is 0 Å². The van der Waals surface area contributed by atoms with Crippen LogP contribution in [0.5, 0.6) is 11.5 Å². The van der Waals surface area contributed by atoms with Gasteiger partial charge in [0.15, 0.2) is 11.5 Å². The molecule has 0 saturated carbocycles. The third-order valence-electron chi connectivity index (χ3n) is 2.98. The lowest BCUT2D eigenvalue weighted by atomic mass is 10.2. The zero-order valence-electron chi connectivity index (χ0n) is 14.0. The minimum atomic E-state index is -0.879. The molecule has 0 heterocycles. The number of rotatable bonds is 2. The summed E-state index contributed by atoms with van der Waals surface area (Å²) in [5.74, 6) is -2.10. The fourth-order valence-electron chi connectivity index (χ4n) is 1.66. The fraction of sp³-hybridized carbons (Fsp3) is 0. The summed E-state index contributed by atoms with van der Waals surface area (Å²) in [7, 11) is 0. The summed E-state index contributed by atoms with van der Waals surface area (Å²) >= 11 is 5.45. The van der Waals surface area contributed by atoms with Crippen LogP contribution >= 0.6 is 11.6 Å². The summed E-state index contributed by atoms with van der Waals surface area (Å²) in [5.41, 5.74) is 0.662. The summed E-state index contributed by atoms with van der Waals surface area (Å²) in [6, 6.07) is 20.7. The van der Waals surface area contributed by atoms with Crippen molar-refractivity contribution in [2.75, 3.05) is 0 Å². The molecule has 0 bridgehead atoms. The van der Waals surface area contributed by atoms with Crippen molar-refractivity contribution in [2.24, 2.45) is 0 Å². The molecule has 4 N–H and O–H groups in total. The van der Waals surface area contributed by atoms with Crippen molar-refractivity contribution < 1.29 is 30.0 Å². The Kier molecular flexibility index (Phi) is 8.91. The van der Waals surface area contributed by atoms with Gasteiger partial charge in [0, 0.05) is 11.1 Å². The van der Waals surface area contributed by atoms with Crippen LogP contribution in [0.2, 0.25) is 5.02 Å². The maximum absolute atomic E-state index is 10.2. The first-order chi connectivity index (χ1) is 12.8. The first kappa shape index (κ1) is 21.5. The molecule has 0 fully saturated rings. The highest BCUT2D eigenvalue weighted by molar-refractivity contribution is 6.30. The maximum atomic E-state index is 10.2. The van der Waals surface area contributed by atoms with Crippen LogP contribution in [-0.4, -0.2) is 32.4 Å². The van der Waals surface area contributed by atoms with Crippen LogP contribution in [0.15, 0.2) is 78.9 Å². The van der Waals surface area contributed by atoms with Crippen LogP contribution in [0, 0.1) is 0 Å². The highest BCUT2D eigenvalue weighted by atomic mass is 35.5. The van der Waals surface area contributed by atoms with Crippen LogP contribution in [0.3, 0.4) is 0 Å². The van der Waals surface area contributed by atoms with E-state index >= 15 is 0 Å². The van der Waals surface area contributed by atoms with E-state index in [1.807, 2.05) is 0 Å². The summed E-state index contributed by atoms with van der Waals surface area (Å²) in [5, 5.41) is 34.7. The SMILES string of the molecule is O=C(O)c1ccccc1.O=C(O)c1ccccc1.Oc1ccc(Cl)cc1O. The Bertz CT molecular complexity index is 817. The molecule has 140 valence electrons. The third-order valence-corrected chi connectivity index (χ3v) is 3.21. The van der Waals surface area contributed by atoms with E-state index in [-0.39, 0.29) is 11.5 Å². The third kappa shape index (κ3) is 8.42. The minimum absolute atomic E-state index is 0.153. The summed E-state index contributed by atoms with van der Waals surface area (Å²) in [6.45, 7) is 0. The van der Waals surface area contributed by atoms with Gasteiger partial charge in [0.05, 0.1) is 11.1 Å². The van der Waals surface area contributed by atoms with E-state index in [1.165, 1.54) is 18.2 Å². The van der Waals surface area contributed by atoms with Crippen molar-refractivity contribution in [1.82, 2.24) is 0 Å². The van der Waals surface area contributed by atoms with Crippen LogP contribution in [0.25, 0.3) is 0 Å². The number of benzene rings is 3. The van der Waals surface area contributed by atoms with Gasteiger partial charge >= 0.3 is 11.9 Å². The predicted octanol–water partition coefficient (Wildman–Crippen LogP) is 4.52. The highest BCUT2D eigenvalue weighted by Crippen LogP contribution is 2.26. The smallest absolute Gasteiger partial charge is 0.335 e. The predicted molar refractivity (Wildman–Crippen MR) is 102 cm³/mol. The van der Waals surface area contributed by atoms with Gasteiger partial charge in [0.2, 0.25) is 0 Å². The monoisotopic (exact) mass is 388 g/mol. The number of aromatic carboxylic acids is 2. The standard InChI is InChI=1S/2C7H6O2.C6H5ClO2/c2*8-7(9)6-4-2-1-3-5-6;7-4-1-2-5(8)6(9)3-4/h2*1-5H,(H,8,9);1-3,8-9H. The first-order valence-corrected chi connectivity index (χ1v) is 7.93. The molecule has 3 aromatic carbocycles. The van der Waals surface area contributed by atoms with Crippen molar-refractivity contribution in [2.45, 2.75) is 0 Å². The highest BCUT2D eigenvalue weighted by Gasteiger charge is 1.97. The van der Waals surface area contributed by atoms with Gasteiger partial charge in [-0.3, -0.25) is 0 Å². The van der Waals surface area contributed by atoms with Gasteiger partial charge in [-0.15, -0.1) is 0 Å². The fourth-order valence-corrected chi connectivity index (χ4v) is 1.82. The van der Waals surface area contributed by atoms with Crippen LogP contribution in [0.1, 0.15) is 20.7 Å². The normalized spacial score (nSPS) is 9.07. The molecule has 0 aliphatic heterocycles. The van der Waals surface area contributed by atoms with Crippen LogP contribution < -0.4 is 0 Å². The van der Waals surface area contributed by atoms with Crippen LogP contribution in [0.4, 0.5) is 0 Å². The van der Waals surface area contributed by atoms with E-state index < -0.39 is 11.9 Å². The zero-order valence-corrected chi connectivity index (χ0v) is 14.7. The van der Waals surface area contributed by atoms with E-state index in [0.717, 1.165) is 0 Å². The zero-order chi connectivity index (χ0) is 20.2. The number of carboxylic acid groups (broad SMARTS) is 2. The van der Waals surface area contributed by atoms with Crippen molar-refractivity contribution in [3.8, 4) is 11.5 Å². The van der Waals surface area contributed by atoms with Gasteiger partial charge in [0.1, 0.15) is 0 Å².